The number of amides is 2. The fraction of sp³-hybridized carbons (Fsp3) is 0.600. The second-order valence-electron chi connectivity index (χ2n) is 7.84. The molecular formula is C20H29N3O4S. The highest BCUT2D eigenvalue weighted by molar-refractivity contribution is 7.89. The zero-order valence-corrected chi connectivity index (χ0v) is 17.7. The lowest BCUT2D eigenvalue weighted by molar-refractivity contribution is -0.144. The number of hydrogen-bond donors (Lipinski definition) is 0. The summed E-state index contributed by atoms with van der Waals surface area (Å²) in [7, 11) is -2.29. The van der Waals surface area contributed by atoms with Crippen LogP contribution in [-0.2, 0) is 19.6 Å². The van der Waals surface area contributed by atoms with Crippen molar-refractivity contribution in [2.45, 2.75) is 38.0 Å². The SMILES string of the molecule is Cc1ccc(S(=O)(=O)N(C)CC(=O)N2CCN(C(=O)C3CCC3)CC2)cc1C. The van der Waals surface area contributed by atoms with E-state index >= 15 is 0 Å². The van der Waals surface area contributed by atoms with Gasteiger partial charge in [-0.05, 0) is 49.9 Å². The van der Waals surface area contributed by atoms with Crippen LogP contribution >= 0.6 is 0 Å². The maximum atomic E-state index is 12.8. The molecule has 1 saturated carbocycles. The topological polar surface area (TPSA) is 78.0 Å². The molecule has 2 fully saturated rings. The van der Waals surface area contributed by atoms with Gasteiger partial charge < -0.3 is 9.80 Å². The quantitative estimate of drug-likeness (QED) is 0.739. The maximum Gasteiger partial charge on any atom is 0.243 e. The monoisotopic (exact) mass is 407 g/mol. The summed E-state index contributed by atoms with van der Waals surface area (Å²) in [5.74, 6) is 0.134. The Kier molecular flexibility index (Phi) is 6.09. The standard InChI is InChI=1S/C20H29N3O4S/c1-15-7-8-18(13-16(15)2)28(26,27)21(3)14-19(24)22-9-11-23(12-10-22)20(25)17-5-4-6-17/h7-8,13,17H,4-6,9-12,14H2,1-3H3. The smallest absolute Gasteiger partial charge is 0.243 e. The van der Waals surface area contributed by atoms with E-state index in [0.29, 0.717) is 26.2 Å². The Hall–Kier alpha value is -1.93. The molecule has 1 saturated heterocycles. The minimum Gasteiger partial charge on any atom is -0.339 e. The van der Waals surface area contributed by atoms with Gasteiger partial charge in [0.25, 0.3) is 0 Å². The van der Waals surface area contributed by atoms with Crippen molar-refractivity contribution in [1.82, 2.24) is 14.1 Å². The van der Waals surface area contributed by atoms with Crippen molar-refractivity contribution in [2.24, 2.45) is 5.92 Å². The van der Waals surface area contributed by atoms with Crippen molar-refractivity contribution in [1.29, 1.82) is 0 Å². The third kappa shape index (κ3) is 4.22. The molecule has 1 aromatic carbocycles. The van der Waals surface area contributed by atoms with E-state index in [9.17, 15) is 18.0 Å². The van der Waals surface area contributed by atoms with E-state index in [-0.39, 0.29) is 29.2 Å². The van der Waals surface area contributed by atoms with Crippen LogP contribution in [0.4, 0.5) is 0 Å². The van der Waals surface area contributed by atoms with Gasteiger partial charge in [0, 0.05) is 39.1 Å². The minimum absolute atomic E-state index is 0.163. The van der Waals surface area contributed by atoms with Crippen LogP contribution in [0.15, 0.2) is 23.1 Å². The summed E-state index contributed by atoms with van der Waals surface area (Å²) in [6.45, 7) is 5.54. The molecule has 0 aromatic heterocycles. The Bertz CT molecular complexity index is 856. The molecule has 1 heterocycles. The first-order valence-corrected chi connectivity index (χ1v) is 11.2. The number of benzene rings is 1. The number of hydrogen-bond acceptors (Lipinski definition) is 4. The number of piperazine rings is 1. The van der Waals surface area contributed by atoms with Crippen LogP contribution in [0.3, 0.4) is 0 Å². The highest BCUT2D eigenvalue weighted by Crippen LogP contribution is 2.28. The van der Waals surface area contributed by atoms with E-state index < -0.39 is 10.0 Å². The van der Waals surface area contributed by atoms with Gasteiger partial charge in [0.05, 0.1) is 11.4 Å². The third-order valence-electron chi connectivity index (χ3n) is 5.94. The second-order valence-corrected chi connectivity index (χ2v) is 9.89. The number of carbonyl (C=O) groups is 2. The van der Waals surface area contributed by atoms with Crippen molar-refractivity contribution in [3.63, 3.8) is 0 Å². The summed E-state index contributed by atoms with van der Waals surface area (Å²) in [5.41, 5.74) is 1.92. The largest absolute Gasteiger partial charge is 0.339 e. The Morgan fingerprint density at radius 1 is 1.04 bits per heavy atom. The van der Waals surface area contributed by atoms with E-state index in [0.717, 1.165) is 34.7 Å². The summed E-state index contributed by atoms with van der Waals surface area (Å²) in [6.07, 6.45) is 3.06. The first-order valence-electron chi connectivity index (χ1n) is 9.80. The molecule has 0 atom stereocenters. The van der Waals surface area contributed by atoms with Crippen LogP contribution in [0.2, 0.25) is 0 Å². The number of carbonyl (C=O) groups excluding carboxylic acids is 2. The molecule has 2 amide bonds. The summed E-state index contributed by atoms with van der Waals surface area (Å²) in [5, 5.41) is 0. The van der Waals surface area contributed by atoms with Gasteiger partial charge in [0.2, 0.25) is 21.8 Å². The van der Waals surface area contributed by atoms with E-state index in [1.807, 2.05) is 18.7 Å². The Morgan fingerprint density at radius 2 is 1.64 bits per heavy atom. The molecule has 1 aliphatic carbocycles. The molecule has 0 spiro atoms. The number of nitrogens with zero attached hydrogens (tertiary/aromatic N) is 3. The average molecular weight is 408 g/mol. The van der Waals surface area contributed by atoms with Crippen LogP contribution in [-0.4, -0.2) is 74.1 Å². The van der Waals surface area contributed by atoms with Gasteiger partial charge in [0.1, 0.15) is 0 Å². The fourth-order valence-electron chi connectivity index (χ4n) is 3.52. The van der Waals surface area contributed by atoms with Gasteiger partial charge in [-0.3, -0.25) is 9.59 Å². The normalized spacial score (nSPS) is 18.3. The number of likely N-dealkylation sites (N-methyl/N-ethyl adjacent to an activating group) is 1. The first kappa shape index (κ1) is 20.8. The highest BCUT2D eigenvalue weighted by Gasteiger charge is 2.33. The number of sulfonamides is 1. The summed E-state index contributed by atoms with van der Waals surface area (Å²) >= 11 is 0. The van der Waals surface area contributed by atoms with Crippen LogP contribution in [0.1, 0.15) is 30.4 Å². The minimum atomic E-state index is -3.72. The summed E-state index contributed by atoms with van der Waals surface area (Å²) in [6, 6.07) is 4.98. The predicted octanol–water partition coefficient (Wildman–Crippen LogP) is 1.39. The van der Waals surface area contributed by atoms with Crippen molar-refractivity contribution in [2.75, 3.05) is 39.8 Å². The van der Waals surface area contributed by atoms with Crippen molar-refractivity contribution >= 4 is 21.8 Å². The van der Waals surface area contributed by atoms with Gasteiger partial charge >= 0.3 is 0 Å². The van der Waals surface area contributed by atoms with Gasteiger partial charge in [-0.1, -0.05) is 12.5 Å². The molecule has 28 heavy (non-hydrogen) atoms. The first-order chi connectivity index (χ1) is 13.2. The third-order valence-corrected chi connectivity index (χ3v) is 7.74. The molecule has 1 aromatic rings. The van der Waals surface area contributed by atoms with E-state index in [2.05, 4.69) is 0 Å². The van der Waals surface area contributed by atoms with E-state index in [1.54, 1.807) is 23.1 Å². The molecule has 0 radical (unpaired) electrons. The molecule has 8 heteroatoms. The lowest BCUT2D eigenvalue weighted by atomic mass is 9.84. The average Bonchev–Trinajstić information content (AvgIpc) is 2.62. The molecule has 2 aliphatic rings. The van der Waals surface area contributed by atoms with Gasteiger partial charge in [-0.2, -0.15) is 4.31 Å². The zero-order chi connectivity index (χ0) is 20.5. The Morgan fingerprint density at radius 3 is 2.18 bits per heavy atom. The molecule has 154 valence electrons. The van der Waals surface area contributed by atoms with Crippen LogP contribution < -0.4 is 0 Å². The molecule has 3 rings (SSSR count). The van der Waals surface area contributed by atoms with Crippen molar-refractivity contribution in [3.8, 4) is 0 Å². The summed E-state index contributed by atoms with van der Waals surface area (Å²) in [4.78, 5) is 28.6. The van der Waals surface area contributed by atoms with Crippen LogP contribution in [0, 0.1) is 19.8 Å². The highest BCUT2D eigenvalue weighted by atomic mass is 32.2. The van der Waals surface area contributed by atoms with Crippen molar-refractivity contribution in [3.05, 3.63) is 29.3 Å². The van der Waals surface area contributed by atoms with Crippen LogP contribution in [0.25, 0.3) is 0 Å². The molecular weight excluding hydrogens is 378 g/mol. The zero-order valence-electron chi connectivity index (χ0n) is 16.8. The summed E-state index contributed by atoms with van der Waals surface area (Å²) < 4.78 is 26.6. The van der Waals surface area contributed by atoms with Gasteiger partial charge in [-0.15, -0.1) is 0 Å². The van der Waals surface area contributed by atoms with E-state index in [1.165, 1.54) is 7.05 Å². The Balaban J connectivity index is 1.56. The number of rotatable bonds is 5. The van der Waals surface area contributed by atoms with E-state index in [4.69, 9.17) is 0 Å². The maximum absolute atomic E-state index is 12.8. The molecule has 0 N–H and O–H groups in total. The van der Waals surface area contributed by atoms with Gasteiger partial charge in [-0.25, -0.2) is 8.42 Å². The van der Waals surface area contributed by atoms with Gasteiger partial charge in [0.15, 0.2) is 0 Å². The lowest BCUT2D eigenvalue weighted by Crippen LogP contribution is -2.54. The fourth-order valence-corrected chi connectivity index (χ4v) is 4.73. The second kappa shape index (κ2) is 8.21. The molecule has 7 nitrogen and oxygen atoms in total. The molecule has 0 bridgehead atoms. The van der Waals surface area contributed by atoms with Crippen molar-refractivity contribution < 1.29 is 18.0 Å². The molecule has 1 aliphatic heterocycles. The lowest BCUT2D eigenvalue weighted by Gasteiger charge is -2.38. The Labute approximate surface area is 167 Å². The number of aryl methyl sites for hydroxylation is 2. The van der Waals surface area contributed by atoms with Crippen LogP contribution in [0.5, 0.6) is 0 Å². The predicted molar refractivity (Wildman–Crippen MR) is 106 cm³/mol. The molecule has 0 unspecified atom stereocenters.